The van der Waals surface area contributed by atoms with Gasteiger partial charge in [0, 0.05) is 26.4 Å². The maximum absolute atomic E-state index is 7.54. The summed E-state index contributed by atoms with van der Waals surface area (Å²) in [7, 11) is -14.4. The lowest BCUT2D eigenvalue weighted by atomic mass is 10.2. The normalized spacial score (nSPS) is 39.5. The monoisotopic (exact) mass is 868 g/mol. The van der Waals surface area contributed by atoms with Crippen molar-refractivity contribution in [2.45, 2.75) is 145 Å². The lowest BCUT2D eigenvalue weighted by Gasteiger charge is -2.50. The number of unbranched alkanes of at least 4 members (excludes halogenated alkanes) is 2. The molecule has 0 spiro atoms. The molecule has 6 aliphatic rings. The molecule has 9 atom stereocenters. The van der Waals surface area contributed by atoms with E-state index in [1.165, 1.54) is 0 Å². The summed E-state index contributed by atoms with van der Waals surface area (Å²) in [4.78, 5) is 0. The minimum atomic E-state index is -2.91. The minimum Gasteiger partial charge on any atom is -0.416 e. The average molecular weight is 869 g/mol. The molecule has 6 rings (SSSR count). The first kappa shape index (κ1) is 45.1. The van der Waals surface area contributed by atoms with Gasteiger partial charge in [0.1, 0.15) is 24.4 Å². The van der Waals surface area contributed by atoms with Crippen molar-refractivity contribution < 1.29 is 63.2 Å². The minimum absolute atomic E-state index is 0.240. The topological polar surface area (TPSA) is 146 Å². The van der Waals surface area contributed by atoms with Crippen LogP contribution in [0.25, 0.3) is 0 Å². The second kappa shape index (κ2) is 21.4. The van der Waals surface area contributed by atoms with Gasteiger partial charge in [-0.2, -0.15) is 0 Å². The molecule has 19 heteroatoms. The van der Waals surface area contributed by atoms with Crippen LogP contribution in [0.3, 0.4) is 0 Å². The van der Waals surface area contributed by atoms with E-state index >= 15 is 0 Å². The molecule has 320 valence electrons. The Morgan fingerprint density at radius 1 is 0.345 bits per heavy atom. The van der Waals surface area contributed by atoms with E-state index in [9.17, 15) is 0 Å². The van der Waals surface area contributed by atoms with Gasteiger partial charge in [-0.25, -0.2) is 0 Å². The average Bonchev–Trinajstić information content (AvgIpc) is 3.90. The largest absolute Gasteiger partial charge is 0.416 e. The van der Waals surface area contributed by atoms with Gasteiger partial charge in [0.15, 0.2) is 0 Å². The zero-order valence-electron chi connectivity index (χ0n) is 34.5. The summed E-state index contributed by atoms with van der Waals surface area (Å²) >= 11 is 0. The zero-order chi connectivity index (χ0) is 38.7. The summed E-state index contributed by atoms with van der Waals surface area (Å²) in [5.41, 5.74) is 0. The van der Waals surface area contributed by atoms with Crippen LogP contribution in [0.4, 0.5) is 0 Å². The molecule has 0 N–H and O–H groups in total. The number of ether oxygens (including phenoxy) is 9. The number of rotatable bonds is 30. The van der Waals surface area contributed by atoms with Gasteiger partial charge in [-0.3, -0.25) is 0 Å². The molecule has 0 radical (unpaired) electrons. The van der Waals surface area contributed by atoms with Crippen molar-refractivity contribution in [2.24, 2.45) is 0 Å². The van der Waals surface area contributed by atoms with Gasteiger partial charge in [0.2, 0.25) is 0 Å². The molecule has 0 bridgehead atoms. The smallest absolute Gasteiger partial charge is 0.317 e. The summed E-state index contributed by atoms with van der Waals surface area (Å²) < 4.78 is 88.8. The molecule has 0 aliphatic carbocycles. The van der Waals surface area contributed by atoms with Gasteiger partial charge < -0.3 is 63.2 Å². The lowest BCUT2D eigenvalue weighted by molar-refractivity contribution is 0.112. The van der Waals surface area contributed by atoms with E-state index in [1.807, 2.05) is 0 Å². The van der Waals surface area contributed by atoms with Crippen LogP contribution < -0.4 is 0 Å². The molecular formula is C36H72O14Si5. The van der Waals surface area contributed by atoms with E-state index in [0.717, 1.165) is 115 Å². The van der Waals surface area contributed by atoms with Gasteiger partial charge in [-0.15, -0.1) is 0 Å². The van der Waals surface area contributed by atoms with Gasteiger partial charge in [0.05, 0.1) is 65.6 Å². The third-order valence-electron chi connectivity index (χ3n) is 10.7. The Morgan fingerprint density at radius 3 is 0.855 bits per heavy atom. The summed E-state index contributed by atoms with van der Waals surface area (Å²) in [5, 5.41) is 0. The van der Waals surface area contributed by atoms with E-state index in [-0.39, 0.29) is 24.4 Å². The van der Waals surface area contributed by atoms with Crippen molar-refractivity contribution >= 4 is 42.8 Å². The highest BCUT2D eigenvalue weighted by atomic mass is 28.5. The first-order chi connectivity index (χ1) is 26.4. The van der Waals surface area contributed by atoms with Crippen LogP contribution in [-0.4, -0.2) is 159 Å². The SMILES string of the molecule is C[Si]1(CCCCCC2CO2)O[Si](C)(CCCOCC2CO2)O[Si](C)(CCCOCC2CO2)O[Si](C)(CCCOCC2CO2)O[Si](C)(CCCOCC2CO2)O1. The summed E-state index contributed by atoms with van der Waals surface area (Å²) in [6, 6.07) is 4.08. The van der Waals surface area contributed by atoms with Crippen molar-refractivity contribution in [3.63, 3.8) is 0 Å². The van der Waals surface area contributed by atoms with E-state index in [1.54, 1.807) is 0 Å². The van der Waals surface area contributed by atoms with Crippen LogP contribution in [0.1, 0.15) is 51.4 Å². The Hall–Kier alpha value is 0.524. The van der Waals surface area contributed by atoms with Crippen LogP contribution in [0.15, 0.2) is 0 Å². The van der Waals surface area contributed by atoms with Gasteiger partial charge in [0.25, 0.3) is 0 Å². The van der Waals surface area contributed by atoms with Gasteiger partial charge in [-0.05, 0) is 95.1 Å². The Labute approximate surface area is 335 Å². The van der Waals surface area contributed by atoms with Crippen molar-refractivity contribution in [1.29, 1.82) is 0 Å². The summed E-state index contributed by atoms with van der Waals surface area (Å²) in [6.07, 6.45) is 9.25. The van der Waals surface area contributed by atoms with Crippen molar-refractivity contribution in [1.82, 2.24) is 0 Å². The number of hydrogen-bond donors (Lipinski definition) is 0. The van der Waals surface area contributed by atoms with Crippen LogP contribution in [0.2, 0.25) is 63.0 Å². The molecule has 0 saturated carbocycles. The molecule has 0 aromatic rings. The van der Waals surface area contributed by atoms with Crippen LogP contribution in [0, 0.1) is 0 Å². The second-order valence-corrected chi connectivity index (χ2v) is 35.2. The molecule has 55 heavy (non-hydrogen) atoms. The highest BCUT2D eigenvalue weighted by Gasteiger charge is 2.56. The van der Waals surface area contributed by atoms with Crippen molar-refractivity contribution in [3.8, 4) is 0 Å². The molecule has 6 heterocycles. The van der Waals surface area contributed by atoms with Gasteiger partial charge in [-0.1, -0.05) is 19.3 Å². The highest BCUT2D eigenvalue weighted by molar-refractivity contribution is 6.94. The molecular weight excluding hydrogens is 797 g/mol. The van der Waals surface area contributed by atoms with Crippen LogP contribution >= 0.6 is 0 Å². The fraction of sp³-hybridized carbons (Fsp3) is 1.00. The van der Waals surface area contributed by atoms with E-state index in [2.05, 4.69) is 32.7 Å². The fourth-order valence-corrected chi connectivity index (χ4v) is 36.7. The van der Waals surface area contributed by atoms with E-state index < -0.39 is 42.8 Å². The summed E-state index contributed by atoms with van der Waals surface area (Å²) in [6.45, 7) is 20.5. The lowest BCUT2D eigenvalue weighted by Crippen LogP contribution is -2.67. The Bertz CT molecular complexity index is 919. The van der Waals surface area contributed by atoms with Crippen molar-refractivity contribution in [3.05, 3.63) is 0 Å². The predicted octanol–water partition coefficient (Wildman–Crippen LogP) is 5.62. The van der Waals surface area contributed by atoms with Crippen LogP contribution in [-0.2, 0) is 63.2 Å². The molecule has 0 aromatic heterocycles. The maximum Gasteiger partial charge on any atom is 0.317 e. The second-order valence-electron chi connectivity index (χ2n) is 17.3. The number of hydrogen-bond acceptors (Lipinski definition) is 14. The molecule has 0 amide bonds. The molecule has 14 nitrogen and oxygen atoms in total. The zero-order valence-corrected chi connectivity index (χ0v) is 39.5. The van der Waals surface area contributed by atoms with Crippen molar-refractivity contribution in [2.75, 3.05) is 85.9 Å². The molecule has 6 fully saturated rings. The standard InChI is InChI=1S/C36H72O14Si5/c1-51(18-8-6-7-13-32-27-41-32)46-52(2,19-9-14-37-23-33-28-42-33)48-54(4,21-11-16-39-25-35-30-44-35)50-55(5,22-12-17-40-26-36-31-45-36)49-53(3,47-51)20-10-15-38-24-34-29-43-34/h32-36H,6-31H2,1-5H3. The fourth-order valence-electron chi connectivity index (χ4n) is 7.63. The molecule has 6 aliphatic heterocycles. The highest BCUT2D eigenvalue weighted by Crippen LogP contribution is 2.39. The van der Waals surface area contributed by atoms with E-state index in [0.29, 0.717) is 59.0 Å². The number of epoxide rings is 5. The Morgan fingerprint density at radius 2 is 0.600 bits per heavy atom. The Balaban J connectivity index is 1.21. The van der Waals surface area contributed by atoms with E-state index in [4.69, 9.17) is 63.2 Å². The Kier molecular flexibility index (Phi) is 17.5. The van der Waals surface area contributed by atoms with Crippen LogP contribution in [0.5, 0.6) is 0 Å². The third-order valence-corrected chi connectivity index (χ3v) is 34.3. The molecule has 9 unspecified atom stereocenters. The first-order valence-corrected chi connectivity index (χ1v) is 33.9. The first-order valence-electron chi connectivity index (χ1n) is 21.3. The van der Waals surface area contributed by atoms with Gasteiger partial charge >= 0.3 is 42.8 Å². The third kappa shape index (κ3) is 18.4. The summed E-state index contributed by atoms with van der Waals surface area (Å²) in [5.74, 6) is 0. The molecule has 6 saturated heterocycles. The maximum atomic E-state index is 7.54. The predicted molar refractivity (Wildman–Crippen MR) is 216 cm³/mol. The quantitative estimate of drug-likeness (QED) is 0.0500. The molecule has 0 aromatic carbocycles.